The van der Waals surface area contributed by atoms with Gasteiger partial charge in [-0.1, -0.05) is 36.4 Å². The number of hydrogen-bond acceptors (Lipinski definition) is 5. The molecule has 0 bridgehead atoms. The second-order valence-corrected chi connectivity index (χ2v) is 8.00. The summed E-state index contributed by atoms with van der Waals surface area (Å²) in [7, 11) is 0. The summed E-state index contributed by atoms with van der Waals surface area (Å²) in [5, 5.41) is 11.5. The standard InChI is InChI=1S/C21H29ClN2O4/c1-3-10-27-21(26)23-9-8-19(20(25)13-23)24-12-15(2)28-14-18(24)11-16-4-6-17(22)7-5-16/h3-7,15,18-20,25H,1,8-14H2,2H3/t15?,18?,19-,20-/m1/s1. The molecule has 1 amide bonds. The van der Waals surface area contributed by atoms with E-state index in [1.807, 2.05) is 24.3 Å². The molecule has 0 spiro atoms. The van der Waals surface area contributed by atoms with Gasteiger partial charge in [-0.25, -0.2) is 4.79 Å². The maximum Gasteiger partial charge on any atom is 0.410 e. The van der Waals surface area contributed by atoms with Gasteiger partial charge in [-0.05, 0) is 37.5 Å². The monoisotopic (exact) mass is 408 g/mol. The number of piperidine rings is 1. The minimum Gasteiger partial charge on any atom is -0.445 e. The first-order valence-corrected chi connectivity index (χ1v) is 10.2. The molecule has 2 aliphatic heterocycles. The molecule has 0 saturated carbocycles. The number of aliphatic hydroxyl groups excluding tert-OH is 1. The van der Waals surface area contributed by atoms with Crippen LogP contribution in [-0.4, -0.2) is 78.1 Å². The third-order valence-electron chi connectivity index (χ3n) is 5.45. The predicted molar refractivity (Wildman–Crippen MR) is 109 cm³/mol. The summed E-state index contributed by atoms with van der Waals surface area (Å²) in [5.74, 6) is 0. The molecule has 2 unspecified atom stereocenters. The number of ether oxygens (including phenoxy) is 2. The van der Waals surface area contributed by atoms with Gasteiger partial charge in [0.1, 0.15) is 6.61 Å². The van der Waals surface area contributed by atoms with E-state index in [1.54, 1.807) is 4.90 Å². The smallest absolute Gasteiger partial charge is 0.410 e. The van der Waals surface area contributed by atoms with Crippen LogP contribution in [0, 0.1) is 0 Å². The van der Waals surface area contributed by atoms with Gasteiger partial charge in [0.2, 0.25) is 0 Å². The van der Waals surface area contributed by atoms with E-state index in [1.165, 1.54) is 11.6 Å². The van der Waals surface area contributed by atoms with Crippen LogP contribution in [-0.2, 0) is 15.9 Å². The van der Waals surface area contributed by atoms with E-state index in [2.05, 4.69) is 18.4 Å². The zero-order valence-electron chi connectivity index (χ0n) is 16.3. The lowest BCUT2D eigenvalue weighted by atomic mass is 9.94. The fourth-order valence-electron chi connectivity index (χ4n) is 4.04. The molecule has 154 valence electrons. The van der Waals surface area contributed by atoms with Gasteiger partial charge in [-0.3, -0.25) is 4.90 Å². The maximum absolute atomic E-state index is 12.1. The molecule has 0 radical (unpaired) electrons. The highest BCUT2D eigenvalue weighted by molar-refractivity contribution is 6.30. The Bertz CT molecular complexity index is 669. The van der Waals surface area contributed by atoms with Gasteiger partial charge < -0.3 is 19.5 Å². The third-order valence-corrected chi connectivity index (χ3v) is 5.70. The topological polar surface area (TPSA) is 62.2 Å². The van der Waals surface area contributed by atoms with E-state index in [4.69, 9.17) is 21.1 Å². The Kier molecular flexibility index (Phi) is 7.35. The molecule has 2 heterocycles. The summed E-state index contributed by atoms with van der Waals surface area (Å²) in [6.45, 7) is 8.02. The highest BCUT2D eigenvalue weighted by Gasteiger charge is 2.39. The number of hydrogen-bond donors (Lipinski definition) is 1. The van der Waals surface area contributed by atoms with Crippen LogP contribution >= 0.6 is 11.6 Å². The number of carbonyl (C=O) groups is 1. The lowest BCUT2D eigenvalue weighted by Gasteiger charge is -2.47. The molecule has 1 N–H and O–H groups in total. The number of likely N-dealkylation sites (tertiary alicyclic amines) is 1. The van der Waals surface area contributed by atoms with Crippen molar-refractivity contribution in [2.75, 3.05) is 32.8 Å². The quantitative estimate of drug-likeness (QED) is 0.759. The van der Waals surface area contributed by atoms with E-state index in [9.17, 15) is 9.90 Å². The van der Waals surface area contributed by atoms with Crippen LogP contribution in [0.5, 0.6) is 0 Å². The van der Waals surface area contributed by atoms with Crippen LogP contribution in [0.3, 0.4) is 0 Å². The van der Waals surface area contributed by atoms with Crippen molar-refractivity contribution in [1.82, 2.24) is 9.80 Å². The number of carbonyl (C=O) groups excluding carboxylic acids is 1. The SMILES string of the molecule is C=CCOC(=O)N1CC[C@@H](N2CC(C)OCC2Cc2ccc(Cl)cc2)[C@H](O)C1. The minimum atomic E-state index is -0.622. The van der Waals surface area contributed by atoms with Gasteiger partial charge in [0, 0.05) is 30.2 Å². The third kappa shape index (κ3) is 5.26. The normalized spacial score (nSPS) is 28.8. The fourth-order valence-corrected chi connectivity index (χ4v) is 4.16. The zero-order valence-corrected chi connectivity index (χ0v) is 17.1. The van der Waals surface area contributed by atoms with Crippen molar-refractivity contribution in [2.24, 2.45) is 0 Å². The van der Waals surface area contributed by atoms with Crippen molar-refractivity contribution in [1.29, 1.82) is 0 Å². The van der Waals surface area contributed by atoms with Gasteiger partial charge in [-0.2, -0.15) is 0 Å². The van der Waals surface area contributed by atoms with Crippen molar-refractivity contribution in [3.63, 3.8) is 0 Å². The van der Waals surface area contributed by atoms with Crippen LogP contribution in [0.15, 0.2) is 36.9 Å². The van der Waals surface area contributed by atoms with E-state index >= 15 is 0 Å². The highest BCUT2D eigenvalue weighted by Crippen LogP contribution is 2.26. The molecule has 4 atom stereocenters. The average Bonchev–Trinajstić information content (AvgIpc) is 2.69. The van der Waals surface area contributed by atoms with Crippen LogP contribution < -0.4 is 0 Å². The largest absolute Gasteiger partial charge is 0.445 e. The Balaban J connectivity index is 1.65. The number of β-amino-alcohol motifs (C(OH)–C–C–N with tert-alkyl or cyclic N) is 1. The molecule has 0 aromatic heterocycles. The van der Waals surface area contributed by atoms with E-state index in [0.717, 1.165) is 18.0 Å². The molecule has 7 heteroatoms. The van der Waals surface area contributed by atoms with Gasteiger partial charge in [0.15, 0.2) is 0 Å². The Labute approximate surface area is 171 Å². The highest BCUT2D eigenvalue weighted by atomic mass is 35.5. The first-order valence-electron chi connectivity index (χ1n) is 9.80. The maximum atomic E-state index is 12.1. The molecule has 2 fully saturated rings. The van der Waals surface area contributed by atoms with Crippen LogP contribution in [0.1, 0.15) is 18.9 Å². The van der Waals surface area contributed by atoms with Crippen LogP contribution in [0.4, 0.5) is 4.79 Å². The summed E-state index contributed by atoms with van der Waals surface area (Å²) in [6, 6.07) is 8.04. The van der Waals surface area contributed by atoms with E-state index in [-0.39, 0.29) is 31.3 Å². The molecule has 6 nitrogen and oxygen atoms in total. The Morgan fingerprint density at radius 2 is 2.14 bits per heavy atom. The summed E-state index contributed by atoms with van der Waals surface area (Å²) in [5.41, 5.74) is 1.19. The van der Waals surface area contributed by atoms with Crippen molar-refractivity contribution in [3.05, 3.63) is 47.5 Å². The number of benzene rings is 1. The molecule has 2 aliphatic rings. The van der Waals surface area contributed by atoms with Crippen molar-refractivity contribution < 1.29 is 19.4 Å². The average molecular weight is 409 g/mol. The number of morpholine rings is 1. The molecular formula is C21H29ClN2O4. The summed E-state index contributed by atoms with van der Waals surface area (Å²) < 4.78 is 11.0. The second kappa shape index (κ2) is 9.74. The van der Waals surface area contributed by atoms with E-state index in [0.29, 0.717) is 19.6 Å². The second-order valence-electron chi connectivity index (χ2n) is 7.56. The first kappa shape index (κ1) is 21.1. The number of rotatable bonds is 5. The van der Waals surface area contributed by atoms with Gasteiger partial charge in [0.05, 0.1) is 25.4 Å². The van der Waals surface area contributed by atoms with Gasteiger partial charge in [0.25, 0.3) is 0 Å². The van der Waals surface area contributed by atoms with Gasteiger partial charge in [-0.15, -0.1) is 0 Å². The van der Waals surface area contributed by atoms with Crippen molar-refractivity contribution in [3.8, 4) is 0 Å². The molecule has 2 saturated heterocycles. The first-order chi connectivity index (χ1) is 13.5. The molecule has 0 aliphatic carbocycles. The molecule has 28 heavy (non-hydrogen) atoms. The van der Waals surface area contributed by atoms with Crippen LogP contribution in [0.2, 0.25) is 5.02 Å². The molecule has 1 aromatic carbocycles. The Hall–Kier alpha value is -1.60. The van der Waals surface area contributed by atoms with Crippen molar-refractivity contribution >= 4 is 17.7 Å². The molecule has 3 rings (SSSR count). The Morgan fingerprint density at radius 3 is 2.82 bits per heavy atom. The van der Waals surface area contributed by atoms with Gasteiger partial charge >= 0.3 is 6.09 Å². The summed E-state index contributed by atoms with van der Waals surface area (Å²) in [6.07, 6.45) is 2.17. The lowest BCUT2D eigenvalue weighted by molar-refractivity contribution is -0.105. The lowest BCUT2D eigenvalue weighted by Crippen LogP contribution is -2.62. The number of nitrogens with zero attached hydrogens (tertiary/aromatic N) is 2. The van der Waals surface area contributed by atoms with Crippen LogP contribution in [0.25, 0.3) is 0 Å². The zero-order chi connectivity index (χ0) is 20.1. The molecular weight excluding hydrogens is 380 g/mol. The predicted octanol–water partition coefficient (Wildman–Crippen LogP) is 2.73. The molecule has 1 aromatic rings. The number of amides is 1. The number of halogens is 1. The fraction of sp³-hybridized carbons (Fsp3) is 0.571. The summed E-state index contributed by atoms with van der Waals surface area (Å²) >= 11 is 6.00. The Morgan fingerprint density at radius 1 is 1.39 bits per heavy atom. The minimum absolute atomic E-state index is 0.00731. The van der Waals surface area contributed by atoms with E-state index < -0.39 is 12.2 Å². The summed E-state index contributed by atoms with van der Waals surface area (Å²) in [4.78, 5) is 16.0. The number of aliphatic hydroxyl groups is 1. The van der Waals surface area contributed by atoms with Crippen molar-refractivity contribution in [2.45, 2.75) is 44.1 Å².